The second kappa shape index (κ2) is 9.70. The van der Waals surface area contributed by atoms with E-state index >= 15 is 0 Å². The standard InChI is InChI=1S/C43H31NO/c1-43(2)38-18-7-5-14-34(38)37-27-31(25-26-39(37)43)44(40-19-9-12-28-11-3-4-13-32(28)40)30-23-21-29(22-24-30)33-16-10-17-36-35-15-6-8-20-41(35)45-42(33)36/h3-27H,1-2H3. The van der Waals surface area contributed by atoms with Crippen LogP contribution in [0.2, 0.25) is 0 Å². The molecular formula is C43H31NO. The van der Waals surface area contributed by atoms with E-state index in [1.54, 1.807) is 0 Å². The summed E-state index contributed by atoms with van der Waals surface area (Å²) in [5.74, 6) is 0. The molecule has 2 nitrogen and oxygen atoms in total. The number of benzene rings is 7. The molecule has 0 aliphatic heterocycles. The highest BCUT2D eigenvalue weighted by Gasteiger charge is 2.35. The van der Waals surface area contributed by atoms with Gasteiger partial charge in [0.2, 0.25) is 0 Å². The first-order valence-corrected chi connectivity index (χ1v) is 15.6. The molecule has 0 bridgehead atoms. The van der Waals surface area contributed by atoms with Crippen LogP contribution in [0, 0.1) is 0 Å². The van der Waals surface area contributed by atoms with Crippen LogP contribution < -0.4 is 4.90 Å². The summed E-state index contributed by atoms with van der Waals surface area (Å²) in [6, 6.07) is 54.7. The van der Waals surface area contributed by atoms with Gasteiger partial charge in [-0.3, -0.25) is 0 Å². The molecule has 1 aliphatic carbocycles. The van der Waals surface area contributed by atoms with Crippen LogP contribution in [-0.4, -0.2) is 0 Å². The Bertz CT molecular complexity index is 2410. The lowest BCUT2D eigenvalue weighted by molar-refractivity contribution is 0.660. The minimum Gasteiger partial charge on any atom is -0.455 e. The molecule has 45 heavy (non-hydrogen) atoms. The molecule has 0 N–H and O–H groups in total. The molecule has 0 amide bonds. The van der Waals surface area contributed by atoms with E-state index in [2.05, 4.69) is 158 Å². The molecule has 0 saturated carbocycles. The topological polar surface area (TPSA) is 16.4 Å². The second-order valence-corrected chi connectivity index (χ2v) is 12.6. The molecule has 0 spiro atoms. The van der Waals surface area contributed by atoms with E-state index in [0.717, 1.165) is 50.1 Å². The van der Waals surface area contributed by atoms with Crippen LogP contribution in [0.25, 0.3) is 55.0 Å². The minimum atomic E-state index is -0.0337. The van der Waals surface area contributed by atoms with Crippen molar-refractivity contribution in [3.05, 3.63) is 163 Å². The van der Waals surface area contributed by atoms with E-state index in [1.165, 1.54) is 33.0 Å². The molecule has 0 radical (unpaired) electrons. The summed E-state index contributed by atoms with van der Waals surface area (Å²) in [6.45, 7) is 4.67. The van der Waals surface area contributed by atoms with Crippen molar-refractivity contribution in [3.63, 3.8) is 0 Å². The number of hydrogen-bond acceptors (Lipinski definition) is 2. The van der Waals surface area contributed by atoms with Crippen molar-refractivity contribution in [1.82, 2.24) is 0 Å². The third-order valence-corrected chi connectivity index (χ3v) is 9.67. The summed E-state index contributed by atoms with van der Waals surface area (Å²) >= 11 is 0. The lowest BCUT2D eigenvalue weighted by Gasteiger charge is -2.28. The Labute approximate surface area is 262 Å². The molecule has 8 aromatic rings. The number of anilines is 3. The van der Waals surface area contributed by atoms with Gasteiger partial charge in [-0.1, -0.05) is 129 Å². The first-order valence-electron chi connectivity index (χ1n) is 15.6. The molecule has 9 rings (SSSR count). The predicted molar refractivity (Wildman–Crippen MR) is 189 cm³/mol. The molecule has 0 unspecified atom stereocenters. The summed E-state index contributed by atoms with van der Waals surface area (Å²) in [5, 5.41) is 4.73. The van der Waals surface area contributed by atoms with Gasteiger partial charge in [0.05, 0.1) is 5.69 Å². The quantitative estimate of drug-likeness (QED) is 0.207. The maximum absolute atomic E-state index is 6.38. The molecule has 1 aliphatic rings. The molecule has 1 aromatic heterocycles. The average Bonchev–Trinajstić information content (AvgIpc) is 3.58. The maximum Gasteiger partial charge on any atom is 0.143 e. The zero-order valence-corrected chi connectivity index (χ0v) is 25.3. The van der Waals surface area contributed by atoms with Gasteiger partial charge in [0, 0.05) is 38.5 Å². The molecule has 1 heterocycles. The van der Waals surface area contributed by atoms with Crippen molar-refractivity contribution in [2.24, 2.45) is 0 Å². The van der Waals surface area contributed by atoms with Crippen LogP contribution in [0.15, 0.2) is 156 Å². The van der Waals surface area contributed by atoms with Crippen molar-refractivity contribution in [2.45, 2.75) is 19.3 Å². The highest BCUT2D eigenvalue weighted by atomic mass is 16.3. The summed E-state index contributed by atoms with van der Waals surface area (Å²) in [6.07, 6.45) is 0. The molecule has 0 fully saturated rings. The number of para-hydroxylation sites is 2. The van der Waals surface area contributed by atoms with Gasteiger partial charge >= 0.3 is 0 Å². The fourth-order valence-electron chi connectivity index (χ4n) is 7.44. The molecule has 2 heteroatoms. The van der Waals surface area contributed by atoms with Crippen LogP contribution in [-0.2, 0) is 5.41 Å². The summed E-state index contributed by atoms with van der Waals surface area (Å²) in [5.41, 5.74) is 12.9. The Morgan fingerprint density at radius 2 is 1.13 bits per heavy atom. The average molecular weight is 578 g/mol. The van der Waals surface area contributed by atoms with Gasteiger partial charge in [0.1, 0.15) is 11.2 Å². The lowest BCUT2D eigenvalue weighted by Crippen LogP contribution is -2.15. The summed E-state index contributed by atoms with van der Waals surface area (Å²) in [7, 11) is 0. The monoisotopic (exact) mass is 577 g/mol. The predicted octanol–water partition coefficient (Wildman–Crippen LogP) is 12.2. The largest absolute Gasteiger partial charge is 0.455 e. The Balaban J connectivity index is 1.22. The second-order valence-electron chi connectivity index (χ2n) is 12.6. The zero-order valence-electron chi connectivity index (χ0n) is 25.3. The summed E-state index contributed by atoms with van der Waals surface area (Å²) < 4.78 is 6.38. The molecular weight excluding hydrogens is 546 g/mol. The molecule has 0 atom stereocenters. The summed E-state index contributed by atoms with van der Waals surface area (Å²) in [4.78, 5) is 2.40. The number of fused-ring (bicyclic) bond motifs is 7. The fourth-order valence-corrected chi connectivity index (χ4v) is 7.44. The normalized spacial score (nSPS) is 13.3. The van der Waals surface area contributed by atoms with Crippen LogP contribution >= 0.6 is 0 Å². The third-order valence-electron chi connectivity index (χ3n) is 9.67. The van der Waals surface area contributed by atoms with Crippen molar-refractivity contribution in [3.8, 4) is 22.3 Å². The Morgan fingerprint density at radius 1 is 0.489 bits per heavy atom. The van der Waals surface area contributed by atoms with Gasteiger partial charge in [-0.2, -0.15) is 0 Å². The van der Waals surface area contributed by atoms with Crippen LogP contribution in [0.1, 0.15) is 25.0 Å². The first-order chi connectivity index (χ1) is 22.1. The number of furan rings is 1. The minimum absolute atomic E-state index is 0.0337. The SMILES string of the molecule is CC1(C)c2ccccc2-c2cc(N(c3ccc(-c4cccc5c4oc4ccccc45)cc3)c3cccc4ccccc34)ccc21. The van der Waals surface area contributed by atoms with E-state index in [0.29, 0.717) is 0 Å². The zero-order chi connectivity index (χ0) is 30.1. The van der Waals surface area contributed by atoms with Crippen molar-refractivity contribution in [2.75, 3.05) is 4.90 Å². The highest BCUT2D eigenvalue weighted by Crippen LogP contribution is 2.51. The lowest BCUT2D eigenvalue weighted by atomic mass is 9.82. The molecule has 0 saturated heterocycles. The van der Waals surface area contributed by atoms with Gasteiger partial charge in [-0.25, -0.2) is 0 Å². The van der Waals surface area contributed by atoms with Crippen molar-refractivity contribution >= 4 is 49.8 Å². The van der Waals surface area contributed by atoms with E-state index in [-0.39, 0.29) is 5.41 Å². The van der Waals surface area contributed by atoms with E-state index < -0.39 is 0 Å². The molecule has 7 aromatic carbocycles. The van der Waals surface area contributed by atoms with E-state index in [1.807, 2.05) is 12.1 Å². The smallest absolute Gasteiger partial charge is 0.143 e. The van der Waals surface area contributed by atoms with Crippen LogP contribution in [0.4, 0.5) is 17.1 Å². The highest BCUT2D eigenvalue weighted by molar-refractivity contribution is 6.09. The maximum atomic E-state index is 6.38. The first kappa shape index (κ1) is 25.9. The van der Waals surface area contributed by atoms with Crippen LogP contribution in [0.3, 0.4) is 0 Å². The van der Waals surface area contributed by atoms with Gasteiger partial charge in [0.25, 0.3) is 0 Å². The Morgan fingerprint density at radius 3 is 2.02 bits per heavy atom. The van der Waals surface area contributed by atoms with Crippen LogP contribution in [0.5, 0.6) is 0 Å². The van der Waals surface area contributed by atoms with E-state index in [4.69, 9.17) is 4.42 Å². The molecule has 214 valence electrons. The fraction of sp³-hybridized carbons (Fsp3) is 0.0698. The number of hydrogen-bond donors (Lipinski definition) is 0. The number of rotatable bonds is 4. The van der Waals surface area contributed by atoms with Gasteiger partial charge in [-0.05, 0) is 69.6 Å². The third kappa shape index (κ3) is 3.89. The van der Waals surface area contributed by atoms with Crippen molar-refractivity contribution in [1.29, 1.82) is 0 Å². The number of nitrogens with zero attached hydrogens (tertiary/aromatic N) is 1. The van der Waals surface area contributed by atoms with Gasteiger partial charge in [0.15, 0.2) is 0 Å². The van der Waals surface area contributed by atoms with Gasteiger partial charge < -0.3 is 9.32 Å². The van der Waals surface area contributed by atoms with E-state index in [9.17, 15) is 0 Å². The Hall–Kier alpha value is -5.60. The van der Waals surface area contributed by atoms with Gasteiger partial charge in [-0.15, -0.1) is 0 Å². The Kier molecular flexibility index (Phi) is 5.58. The van der Waals surface area contributed by atoms with Crippen molar-refractivity contribution < 1.29 is 4.42 Å².